The van der Waals surface area contributed by atoms with Crippen molar-refractivity contribution >= 4 is 22.5 Å². The second-order valence-electron chi connectivity index (χ2n) is 5.41. The predicted molar refractivity (Wildman–Crippen MR) is 70.5 cm³/mol. The monoisotopic (exact) mass is 287 g/mol. The molecule has 1 heterocycles. The lowest BCUT2D eigenvalue weighted by atomic mass is 9.84. The minimum absolute atomic E-state index is 0.0420. The summed E-state index contributed by atoms with van der Waals surface area (Å²) in [7, 11) is 0. The molecule has 19 heavy (non-hydrogen) atoms. The van der Waals surface area contributed by atoms with Crippen LogP contribution in [0.4, 0.5) is 13.2 Å². The SMILES string of the molecule is CC(C)(C)c1c(C(F)(F)F)nc2ccccc2c1Cl. The molecule has 5 heteroatoms. The summed E-state index contributed by atoms with van der Waals surface area (Å²) in [6, 6.07) is 6.58. The van der Waals surface area contributed by atoms with Crippen LogP contribution in [-0.4, -0.2) is 4.98 Å². The van der Waals surface area contributed by atoms with Gasteiger partial charge in [0.25, 0.3) is 0 Å². The highest BCUT2D eigenvalue weighted by Crippen LogP contribution is 2.42. The zero-order valence-electron chi connectivity index (χ0n) is 10.8. The number of alkyl halides is 3. The van der Waals surface area contributed by atoms with Crippen molar-refractivity contribution in [2.24, 2.45) is 0 Å². The van der Waals surface area contributed by atoms with Gasteiger partial charge >= 0.3 is 6.18 Å². The van der Waals surface area contributed by atoms with Gasteiger partial charge < -0.3 is 0 Å². The Kier molecular flexibility index (Phi) is 3.25. The van der Waals surface area contributed by atoms with Gasteiger partial charge in [-0.15, -0.1) is 0 Å². The van der Waals surface area contributed by atoms with Crippen LogP contribution in [0.1, 0.15) is 32.0 Å². The number of para-hydroxylation sites is 1. The van der Waals surface area contributed by atoms with Crippen molar-refractivity contribution < 1.29 is 13.2 Å². The Hall–Kier alpha value is -1.29. The van der Waals surface area contributed by atoms with E-state index in [0.717, 1.165) is 0 Å². The summed E-state index contributed by atoms with van der Waals surface area (Å²) in [5.74, 6) is 0. The highest BCUT2D eigenvalue weighted by atomic mass is 35.5. The molecule has 0 aliphatic heterocycles. The lowest BCUT2D eigenvalue weighted by Crippen LogP contribution is -2.22. The van der Waals surface area contributed by atoms with E-state index in [4.69, 9.17) is 11.6 Å². The number of halogens is 4. The van der Waals surface area contributed by atoms with Crippen LogP contribution in [0.15, 0.2) is 24.3 Å². The Balaban J connectivity index is 2.93. The van der Waals surface area contributed by atoms with Crippen LogP contribution < -0.4 is 0 Å². The maximum absolute atomic E-state index is 13.2. The van der Waals surface area contributed by atoms with Crippen molar-refractivity contribution in [3.8, 4) is 0 Å². The molecule has 0 saturated heterocycles. The summed E-state index contributed by atoms with van der Waals surface area (Å²) in [6.45, 7) is 5.08. The number of fused-ring (bicyclic) bond motifs is 1. The molecule has 0 fully saturated rings. The van der Waals surface area contributed by atoms with Crippen molar-refractivity contribution in [3.05, 3.63) is 40.5 Å². The maximum atomic E-state index is 13.2. The van der Waals surface area contributed by atoms with Crippen LogP contribution in [0, 0.1) is 0 Å². The van der Waals surface area contributed by atoms with Gasteiger partial charge in [0.1, 0.15) is 5.69 Å². The molecule has 0 aliphatic rings. The van der Waals surface area contributed by atoms with Crippen molar-refractivity contribution in [2.75, 3.05) is 0 Å². The van der Waals surface area contributed by atoms with Crippen molar-refractivity contribution in [3.63, 3.8) is 0 Å². The van der Waals surface area contributed by atoms with Gasteiger partial charge in [-0.2, -0.15) is 13.2 Å². The quantitative estimate of drug-likeness (QED) is 0.648. The minimum atomic E-state index is -4.52. The van der Waals surface area contributed by atoms with E-state index in [-0.39, 0.29) is 16.1 Å². The molecule has 0 N–H and O–H groups in total. The summed E-state index contributed by atoms with van der Waals surface area (Å²) < 4.78 is 39.5. The Morgan fingerprint density at radius 3 is 2.16 bits per heavy atom. The highest BCUT2D eigenvalue weighted by molar-refractivity contribution is 6.36. The molecule has 0 bridgehead atoms. The number of hydrogen-bond donors (Lipinski definition) is 0. The normalized spacial score (nSPS) is 13.0. The number of nitrogens with zero attached hydrogens (tertiary/aromatic N) is 1. The van der Waals surface area contributed by atoms with Crippen LogP contribution in [0.2, 0.25) is 5.02 Å². The van der Waals surface area contributed by atoms with E-state index >= 15 is 0 Å². The fraction of sp³-hybridized carbons (Fsp3) is 0.357. The molecule has 2 aromatic rings. The second kappa shape index (κ2) is 4.37. The van der Waals surface area contributed by atoms with E-state index in [1.807, 2.05) is 0 Å². The van der Waals surface area contributed by atoms with Crippen molar-refractivity contribution in [1.29, 1.82) is 0 Å². The third kappa shape index (κ3) is 2.54. The third-order valence-electron chi connectivity index (χ3n) is 2.85. The molecule has 1 aromatic heterocycles. The first-order valence-corrected chi connectivity index (χ1v) is 6.16. The molecule has 1 aromatic carbocycles. The fourth-order valence-corrected chi connectivity index (χ4v) is 2.59. The molecule has 0 amide bonds. The Morgan fingerprint density at radius 1 is 1.05 bits per heavy atom. The minimum Gasteiger partial charge on any atom is -0.243 e. The molecule has 0 aliphatic carbocycles. The molecule has 102 valence electrons. The van der Waals surface area contributed by atoms with Crippen LogP contribution in [0.5, 0.6) is 0 Å². The van der Waals surface area contributed by atoms with Crippen LogP contribution >= 0.6 is 11.6 Å². The van der Waals surface area contributed by atoms with E-state index in [9.17, 15) is 13.2 Å². The third-order valence-corrected chi connectivity index (χ3v) is 3.24. The van der Waals surface area contributed by atoms with Gasteiger partial charge in [0.2, 0.25) is 0 Å². The predicted octanol–water partition coefficient (Wildman–Crippen LogP) is 5.20. The van der Waals surface area contributed by atoms with Gasteiger partial charge in [-0.25, -0.2) is 4.98 Å². The van der Waals surface area contributed by atoms with Gasteiger partial charge in [-0.05, 0) is 11.5 Å². The summed E-state index contributed by atoms with van der Waals surface area (Å²) >= 11 is 6.20. The number of aromatic nitrogens is 1. The molecule has 0 radical (unpaired) electrons. The van der Waals surface area contributed by atoms with Crippen LogP contribution in [0.3, 0.4) is 0 Å². The number of hydrogen-bond acceptors (Lipinski definition) is 1. The molecule has 1 nitrogen and oxygen atoms in total. The van der Waals surface area contributed by atoms with E-state index in [1.165, 1.54) is 6.07 Å². The lowest BCUT2D eigenvalue weighted by Gasteiger charge is -2.25. The number of benzene rings is 1. The van der Waals surface area contributed by atoms with E-state index in [2.05, 4.69) is 4.98 Å². The number of pyridine rings is 1. The van der Waals surface area contributed by atoms with Gasteiger partial charge in [0.15, 0.2) is 0 Å². The Labute approximate surface area is 114 Å². The molecular weight excluding hydrogens is 275 g/mol. The molecule has 2 rings (SSSR count). The fourth-order valence-electron chi connectivity index (χ4n) is 2.06. The van der Waals surface area contributed by atoms with Gasteiger partial charge in [-0.1, -0.05) is 50.6 Å². The largest absolute Gasteiger partial charge is 0.433 e. The Morgan fingerprint density at radius 2 is 1.63 bits per heavy atom. The van der Waals surface area contributed by atoms with Gasteiger partial charge in [-0.3, -0.25) is 0 Å². The van der Waals surface area contributed by atoms with Gasteiger partial charge in [0, 0.05) is 10.9 Å². The average molecular weight is 288 g/mol. The summed E-state index contributed by atoms with van der Waals surface area (Å²) in [6.07, 6.45) is -4.52. The van der Waals surface area contributed by atoms with E-state index in [1.54, 1.807) is 39.0 Å². The first kappa shape index (κ1) is 14.1. The molecule has 0 unspecified atom stereocenters. The zero-order valence-corrected chi connectivity index (χ0v) is 11.5. The van der Waals surface area contributed by atoms with Crippen molar-refractivity contribution in [1.82, 2.24) is 4.98 Å². The topological polar surface area (TPSA) is 12.9 Å². The van der Waals surface area contributed by atoms with E-state index < -0.39 is 17.3 Å². The first-order valence-electron chi connectivity index (χ1n) is 5.78. The second-order valence-corrected chi connectivity index (χ2v) is 5.79. The highest BCUT2D eigenvalue weighted by Gasteiger charge is 2.40. The van der Waals surface area contributed by atoms with Crippen LogP contribution in [0.25, 0.3) is 10.9 Å². The van der Waals surface area contributed by atoms with Crippen LogP contribution in [-0.2, 0) is 11.6 Å². The zero-order chi connectivity index (χ0) is 14.4. The van der Waals surface area contributed by atoms with Gasteiger partial charge in [0.05, 0.1) is 10.5 Å². The maximum Gasteiger partial charge on any atom is 0.433 e. The smallest absolute Gasteiger partial charge is 0.243 e. The lowest BCUT2D eigenvalue weighted by molar-refractivity contribution is -0.142. The molecule has 0 atom stereocenters. The summed E-state index contributed by atoms with van der Waals surface area (Å²) in [5, 5.41) is 0.674. The average Bonchev–Trinajstić information content (AvgIpc) is 2.26. The van der Waals surface area contributed by atoms with E-state index in [0.29, 0.717) is 5.39 Å². The molecule has 0 saturated carbocycles. The first-order chi connectivity index (χ1) is 8.62. The van der Waals surface area contributed by atoms with Crippen molar-refractivity contribution in [2.45, 2.75) is 32.4 Å². The molecule has 0 spiro atoms. The Bertz CT molecular complexity index is 627. The summed E-state index contributed by atoms with van der Waals surface area (Å²) in [5.41, 5.74) is -1.34. The number of rotatable bonds is 0. The molecular formula is C14H13ClF3N. The standard InChI is InChI=1S/C14H13ClF3N/c1-13(2,3)10-11(15)8-6-4-5-7-9(8)19-12(10)14(16,17)18/h4-7H,1-3H3. The summed E-state index contributed by atoms with van der Waals surface area (Å²) in [4.78, 5) is 3.76.